The van der Waals surface area contributed by atoms with Gasteiger partial charge >= 0.3 is 6.03 Å². The summed E-state index contributed by atoms with van der Waals surface area (Å²) in [6, 6.07) is -0.0966. The Kier molecular flexibility index (Phi) is 7.81. The number of nitrogens with one attached hydrogen (secondary N) is 3. The highest BCUT2D eigenvalue weighted by atomic mass is 35.5. The van der Waals surface area contributed by atoms with E-state index in [4.69, 9.17) is 5.73 Å². The fourth-order valence-corrected chi connectivity index (χ4v) is 5.92. The van der Waals surface area contributed by atoms with Gasteiger partial charge in [0, 0.05) is 31.1 Å². The predicted octanol–water partition coefficient (Wildman–Crippen LogP) is 2.56. The first-order valence-corrected chi connectivity index (χ1v) is 10.4. The SMILES string of the molecule is CC(C)CC(CN)NC(=O)CCNC(=O)NC12CC3CC(CC(C3)C1)C2.Cl. The average Bonchev–Trinajstić information content (AvgIpc) is 2.51. The molecule has 3 amide bonds. The van der Waals surface area contributed by atoms with E-state index >= 15 is 0 Å². The molecule has 4 rings (SSSR count). The van der Waals surface area contributed by atoms with Gasteiger partial charge in [0.1, 0.15) is 0 Å². The van der Waals surface area contributed by atoms with Gasteiger partial charge in [0.05, 0.1) is 0 Å². The van der Waals surface area contributed by atoms with Crippen molar-refractivity contribution in [3.05, 3.63) is 0 Å². The normalized spacial score (nSPS) is 31.9. The van der Waals surface area contributed by atoms with Gasteiger partial charge in [-0.25, -0.2) is 4.79 Å². The summed E-state index contributed by atoms with van der Waals surface area (Å²) in [6.07, 6.45) is 8.68. The molecular weight excluding hydrogens is 364 g/mol. The predicted molar refractivity (Wildman–Crippen MR) is 110 cm³/mol. The van der Waals surface area contributed by atoms with Crippen LogP contribution in [0, 0.1) is 23.7 Å². The van der Waals surface area contributed by atoms with Crippen molar-refractivity contribution in [1.82, 2.24) is 16.0 Å². The lowest BCUT2D eigenvalue weighted by Crippen LogP contribution is -2.61. The molecule has 156 valence electrons. The van der Waals surface area contributed by atoms with Crippen molar-refractivity contribution in [2.24, 2.45) is 29.4 Å². The zero-order chi connectivity index (χ0) is 18.7. The van der Waals surface area contributed by atoms with E-state index in [1.807, 2.05) is 0 Å². The minimum Gasteiger partial charge on any atom is -0.352 e. The largest absolute Gasteiger partial charge is 0.352 e. The van der Waals surface area contributed by atoms with Crippen LogP contribution in [-0.2, 0) is 4.79 Å². The molecule has 4 aliphatic rings. The molecule has 4 aliphatic carbocycles. The molecule has 1 unspecified atom stereocenters. The fraction of sp³-hybridized carbons (Fsp3) is 0.900. The van der Waals surface area contributed by atoms with Crippen molar-refractivity contribution in [2.75, 3.05) is 13.1 Å². The highest BCUT2D eigenvalue weighted by molar-refractivity contribution is 5.85. The number of carbonyl (C=O) groups is 2. The van der Waals surface area contributed by atoms with Crippen LogP contribution in [0.3, 0.4) is 0 Å². The van der Waals surface area contributed by atoms with E-state index in [0.29, 0.717) is 25.4 Å². The third-order valence-corrected chi connectivity index (χ3v) is 6.46. The maximum Gasteiger partial charge on any atom is 0.315 e. The van der Waals surface area contributed by atoms with Crippen LogP contribution in [0.25, 0.3) is 0 Å². The molecule has 0 spiro atoms. The van der Waals surface area contributed by atoms with Crippen molar-refractivity contribution in [1.29, 1.82) is 0 Å². The molecule has 0 heterocycles. The molecule has 4 bridgehead atoms. The summed E-state index contributed by atoms with van der Waals surface area (Å²) < 4.78 is 0. The molecule has 0 aromatic carbocycles. The Morgan fingerprint density at radius 1 is 1.07 bits per heavy atom. The second-order valence-electron chi connectivity index (χ2n) is 9.46. The standard InChI is InChI=1S/C20H36N4O2.ClH/c1-13(2)5-17(12-21)23-18(25)3-4-22-19(26)24-20-9-14-6-15(10-20)8-16(7-14)11-20;/h13-17H,3-12,21H2,1-2H3,(H,23,25)(H2,22,24,26);1H. The van der Waals surface area contributed by atoms with Crippen LogP contribution in [0.1, 0.15) is 65.2 Å². The molecule has 5 N–H and O–H groups in total. The molecule has 0 aromatic rings. The number of amides is 3. The van der Waals surface area contributed by atoms with Crippen molar-refractivity contribution in [3.8, 4) is 0 Å². The zero-order valence-corrected chi connectivity index (χ0v) is 17.6. The third kappa shape index (κ3) is 5.98. The Morgan fingerprint density at radius 3 is 2.11 bits per heavy atom. The maximum atomic E-state index is 12.4. The van der Waals surface area contributed by atoms with Gasteiger partial charge in [-0.05, 0) is 68.6 Å². The van der Waals surface area contributed by atoms with Crippen LogP contribution < -0.4 is 21.7 Å². The van der Waals surface area contributed by atoms with E-state index in [0.717, 1.165) is 43.4 Å². The van der Waals surface area contributed by atoms with Gasteiger partial charge in [-0.2, -0.15) is 0 Å². The number of halogens is 1. The molecule has 0 saturated heterocycles. The Morgan fingerprint density at radius 2 is 1.63 bits per heavy atom. The summed E-state index contributed by atoms with van der Waals surface area (Å²) in [6.45, 7) is 5.04. The molecule has 0 aliphatic heterocycles. The first-order chi connectivity index (χ1) is 12.4. The van der Waals surface area contributed by atoms with E-state index in [9.17, 15) is 9.59 Å². The summed E-state index contributed by atoms with van der Waals surface area (Å²) in [5, 5.41) is 9.12. The fourth-order valence-electron chi connectivity index (χ4n) is 5.92. The van der Waals surface area contributed by atoms with Gasteiger partial charge < -0.3 is 21.7 Å². The number of hydrogen-bond acceptors (Lipinski definition) is 3. The number of urea groups is 1. The number of carbonyl (C=O) groups excluding carboxylic acids is 2. The molecule has 0 aromatic heterocycles. The van der Waals surface area contributed by atoms with Crippen LogP contribution in [-0.4, -0.2) is 36.6 Å². The van der Waals surface area contributed by atoms with Crippen LogP contribution in [0.2, 0.25) is 0 Å². The number of hydrogen-bond donors (Lipinski definition) is 4. The van der Waals surface area contributed by atoms with Crippen molar-refractivity contribution < 1.29 is 9.59 Å². The van der Waals surface area contributed by atoms with E-state index in [1.54, 1.807) is 0 Å². The smallest absolute Gasteiger partial charge is 0.315 e. The minimum absolute atomic E-state index is 0. The molecule has 27 heavy (non-hydrogen) atoms. The molecule has 4 fully saturated rings. The van der Waals surface area contributed by atoms with E-state index in [2.05, 4.69) is 29.8 Å². The molecule has 4 saturated carbocycles. The van der Waals surface area contributed by atoms with Crippen LogP contribution in [0.15, 0.2) is 0 Å². The Balaban J connectivity index is 0.00000261. The molecule has 7 heteroatoms. The highest BCUT2D eigenvalue weighted by Crippen LogP contribution is 2.55. The number of rotatable bonds is 8. The van der Waals surface area contributed by atoms with E-state index in [1.165, 1.54) is 19.3 Å². The number of nitrogens with two attached hydrogens (primary N) is 1. The molecule has 1 atom stereocenters. The van der Waals surface area contributed by atoms with Crippen molar-refractivity contribution in [2.45, 2.75) is 76.8 Å². The lowest BCUT2D eigenvalue weighted by Gasteiger charge is -2.56. The second kappa shape index (κ2) is 9.46. The molecule has 0 radical (unpaired) electrons. The summed E-state index contributed by atoms with van der Waals surface area (Å²) >= 11 is 0. The van der Waals surface area contributed by atoms with Gasteiger partial charge in [0.15, 0.2) is 0 Å². The summed E-state index contributed by atoms with van der Waals surface area (Å²) in [7, 11) is 0. The van der Waals surface area contributed by atoms with Crippen LogP contribution >= 0.6 is 12.4 Å². The third-order valence-electron chi connectivity index (χ3n) is 6.46. The Hall–Kier alpha value is -1.01. The van der Waals surface area contributed by atoms with Gasteiger partial charge in [-0.1, -0.05) is 13.8 Å². The van der Waals surface area contributed by atoms with Gasteiger partial charge in [-0.15, -0.1) is 12.4 Å². The lowest BCUT2D eigenvalue weighted by molar-refractivity contribution is -0.121. The summed E-state index contributed by atoms with van der Waals surface area (Å²) in [5.74, 6) is 2.87. The minimum atomic E-state index is -0.114. The van der Waals surface area contributed by atoms with E-state index in [-0.39, 0.29) is 35.9 Å². The van der Waals surface area contributed by atoms with Crippen molar-refractivity contribution >= 4 is 24.3 Å². The van der Waals surface area contributed by atoms with Gasteiger partial charge in [0.2, 0.25) is 5.91 Å². The molecular formula is C20H37ClN4O2. The maximum absolute atomic E-state index is 12.4. The van der Waals surface area contributed by atoms with Gasteiger partial charge in [-0.3, -0.25) is 4.79 Å². The lowest BCUT2D eigenvalue weighted by atomic mass is 9.53. The molecule has 6 nitrogen and oxygen atoms in total. The topological polar surface area (TPSA) is 96.2 Å². The van der Waals surface area contributed by atoms with Crippen molar-refractivity contribution in [3.63, 3.8) is 0 Å². The Labute approximate surface area is 169 Å². The first-order valence-electron chi connectivity index (χ1n) is 10.4. The van der Waals surface area contributed by atoms with Crippen LogP contribution in [0.5, 0.6) is 0 Å². The van der Waals surface area contributed by atoms with Crippen LogP contribution in [0.4, 0.5) is 4.79 Å². The van der Waals surface area contributed by atoms with Gasteiger partial charge in [0.25, 0.3) is 0 Å². The highest BCUT2D eigenvalue weighted by Gasteiger charge is 2.51. The monoisotopic (exact) mass is 400 g/mol. The first kappa shape index (κ1) is 22.3. The average molecular weight is 401 g/mol. The van der Waals surface area contributed by atoms with E-state index < -0.39 is 0 Å². The second-order valence-corrected chi connectivity index (χ2v) is 9.46. The summed E-state index contributed by atoms with van der Waals surface area (Å²) in [5.41, 5.74) is 5.73. The summed E-state index contributed by atoms with van der Waals surface area (Å²) in [4.78, 5) is 24.4. The zero-order valence-electron chi connectivity index (χ0n) is 16.8. The Bertz CT molecular complexity index is 491. The quantitative estimate of drug-likeness (QED) is 0.504.